The summed E-state index contributed by atoms with van der Waals surface area (Å²) in [5, 5.41) is 0. The van der Waals surface area contributed by atoms with Crippen LogP contribution in [0.5, 0.6) is 0 Å². The number of hydrogen-bond donors (Lipinski definition) is 0. The predicted molar refractivity (Wildman–Crippen MR) is 105 cm³/mol. The van der Waals surface area contributed by atoms with Crippen LogP contribution in [-0.4, -0.2) is 80.9 Å². The molecule has 2 heterocycles. The van der Waals surface area contributed by atoms with Gasteiger partial charge in [0, 0.05) is 31.7 Å². The van der Waals surface area contributed by atoms with Gasteiger partial charge in [-0.1, -0.05) is 12.2 Å². The number of halogens is 2. The van der Waals surface area contributed by atoms with Gasteiger partial charge in [-0.2, -0.15) is 0 Å². The molecule has 0 spiro atoms. The van der Waals surface area contributed by atoms with E-state index in [2.05, 4.69) is 18.4 Å². The summed E-state index contributed by atoms with van der Waals surface area (Å²) in [6, 6.07) is 0. The Morgan fingerprint density at radius 1 is 1.26 bits per heavy atom. The molecule has 158 valence electrons. The number of alkyl halides is 2. The standard InChI is InChI=1S/C11H19NO.C10H19F2NO/c1-3-13-9-11-5-4-6-12(11)8-10(2)7-11;1-8(2)14-7-9(6-13(3)4)5-10(9,11)12/h2-9H2,1H3;8H,5-7H2,1-4H3. The van der Waals surface area contributed by atoms with Gasteiger partial charge in [-0.3, -0.25) is 4.90 Å². The number of hydrogen-bond acceptors (Lipinski definition) is 4. The van der Waals surface area contributed by atoms with Crippen molar-refractivity contribution in [2.45, 2.75) is 64.0 Å². The van der Waals surface area contributed by atoms with E-state index >= 15 is 0 Å². The molecule has 3 fully saturated rings. The van der Waals surface area contributed by atoms with Crippen molar-refractivity contribution in [1.29, 1.82) is 0 Å². The Labute approximate surface area is 163 Å². The van der Waals surface area contributed by atoms with Crippen LogP contribution in [0.25, 0.3) is 0 Å². The van der Waals surface area contributed by atoms with E-state index in [0.29, 0.717) is 12.1 Å². The third kappa shape index (κ3) is 5.49. The minimum absolute atomic E-state index is 0.0189. The molecule has 3 aliphatic rings. The van der Waals surface area contributed by atoms with Crippen LogP contribution in [0.15, 0.2) is 12.2 Å². The van der Waals surface area contributed by atoms with Crippen molar-refractivity contribution in [1.82, 2.24) is 9.80 Å². The minimum Gasteiger partial charge on any atom is -0.380 e. The van der Waals surface area contributed by atoms with E-state index in [1.165, 1.54) is 25.0 Å². The largest absolute Gasteiger partial charge is 0.380 e. The Kier molecular flexibility index (Phi) is 7.45. The van der Waals surface area contributed by atoms with Gasteiger partial charge >= 0.3 is 0 Å². The molecule has 0 aromatic carbocycles. The predicted octanol–water partition coefficient (Wildman–Crippen LogP) is 3.82. The fourth-order valence-corrected chi connectivity index (χ4v) is 4.43. The molecule has 0 amide bonds. The first-order valence-corrected chi connectivity index (χ1v) is 10.2. The van der Waals surface area contributed by atoms with E-state index in [0.717, 1.165) is 26.2 Å². The summed E-state index contributed by atoms with van der Waals surface area (Å²) in [7, 11) is 3.62. The molecule has 2 aliphatic heterocycles. The van der Waals surface area contributed by atoms with Crippen LogP contribution in [0, 0.1) is 5.41 Å². The topological polar surface area (TPSA) is 24.9 Å². The Morgan fingerprint density at radius 2 is 1.93 bits per heavy atom. The maximum atomic E-state index is 13.2. The summed E-state index contributed by atoms with van der Waals surface area (Å²) < 4.78 is 37.2. The van der Waals surface area contributed by atoms with Crippen molar-refractivity contribution < 1.29 is 18.3 Å². The molecule has 0 aromatic rings. The Balaban J connectivity index is 0.000000194. The molecule has 2 atom stereocenters. The zero-order chi connectivity index (χ0) is 20.3. The molecule has 0 aromatic heterocycles. The van der Waals surface area contributed by atoms with Gasteiger partial charge < -0.3 is 14.4 Å². The summed E-state index contributed by atoms with van der Waals surface area (Å²) in [6.45, 7) is 14.5. The SMILES string of the molecule is C=C1CN2CCCC2(COCC)C1.CC(C)OCC1(CN(C)C)CC1(F)F. The second-order valence-electron chi connectivity index (χ2n) is 9.07. The first-order chi connectivity index (χ1) is 12.6. The van der Waals surface area contributed by atoms with Crippen molar-refractivity contribution in [3.05, 3.63) is 12.2 Å². The number of nitrogens with zero attached hydrogens (tertiary/aromatic N) is 2. The van der Waals surface area contributed by atoms with Gasteiger partial charge in [0.1, 0.15) is 0 Å². The molecule has 1 aliphatic carbocycles. The zero-order valence-corrected chi connectivity index (χ0v) is 17.8. The van der Waals surface area contributed by atoms with Crippen molar-refractivity contribution >= 4 is 0 Å². The monoisotopic (exact) mass is 388 g/mol. The van der Waals surface area contributed by atoms with Crippen LogP contribution in [-0.2, 0) is 9.47 Å². The summed E-state index contributed by atoms with van der Waals surface area (Å²) >= 11 is 0. The maximum absolute atomic E-state index is 13.2. The van der Waals surface area contributed by atoms with Crippen LogP contribution in [0.3, 0.4) is 0 Å². The van der Waals surface area contributed by atoms with Crippen LogP contribution < -0.4 is 0 Å². The molecule has 0 radical (unpaired) electrons. The molecule has 2 saturated heterocycles. The number of rotatable bonds is 8. The summed E-state index contributed by atoms with van der Waals surface area (Å²) in [5.74, 6) is -2.54. The van der Waals surface area contributed by atoms with Crippen molar-refractivity contribution in [3.8, 4) is 0 Å². The third-order valence-corrected chi connectivity index (χ3v) is 5.83. The molecule has 0 N–H and O–H groups in total. The fraction of sp³-hybridized carbons (Fsp3) is 0.905. The highest BCUT2D eigenvalue weighted by atomic mass is 19.3. The lowest BCUT2D eigenvalue weighted by molar-refractivity contribution is -0.0205. The van der Waals surface area contributed by atoms with Gasteiger partial charge in [-0.15, -0.1) is 0 Å². The highest BCUT2D eigenvalue weighted by molar-refractivity contribution is 5.17. The molecule has 1 saturated carbocycles. The molecule has 4 nitrogen and oxygen atoms in total. The normalized spacial score (nSPS) is 32.0. The van der Waals surface area contributed by atoms with Crippen molar-refractivity contribution in [3.63, 3.8) is 0 Å². The van der Waals surface area contributed by atoms with Crippen LogP contribution >= 0.6 is 0 Å². The van der Waals surface area contributed by atoms with Gasteiger partial charge in [-0.05, 0) is 60.7 Å². The molecule has 0 bridgehead atoms. The summed E-state index contributed by atoms with van der Waals surface area (Å²) in [6.07, 6.45) is 3.77. The lowest BCUT2D eigenvalue weighted by atomic mass is 9.94. The molecular formula is C21H38F2N2O2. The van der Waals surface area contributed by atoms with Gasteiger partial charge in [0.25, 0.3) is 5.92 Å². The fourth-order valence-electron chi connectivity index (χ4n) is 4.43. The van der Waals surface area contributed by atoms with Gasteiger partial charge in [0.2, 0.25) is 0 Å². The molecular weight excluding hydrogens is 350 g/mol. The molecule has 3 rings (SSSR count). The Hall–Kier alpha value is -0.560. The maximum Gasteiger partial charge on any atom is 0.258 e. The van der Waals surface area contributed by atoms with E-state index in [4.69, 9.17) is 9.47 Å². The van der Waals surface area contributed by atoms with Crippen LogP contribution in [0.2, 0.25) is 0 Å². The Bertz CT molecular complexity index is 512. The summed E-state index contributed by atoms with van der Waals surface area (Å²) in [4.78, 5) is 4.36. The van der Waals surface area contributed by atoms with Crippen molar-refractivity contribution in [2.24, 2.45) is 5.41 Å². The smallest absolute Gasteiger partial charge is 0.258 e. The van der Waals surface area contributed by atoms with E-state index in [1.54, 1.807) is 4.90 Å². The van der Waals surface area contributed by atoms with Crippen LogP contribution in [0.4, 0.5) is 8.78 Å². The lowest BCUT2D eigenvalue weighted by Gasteiger charge is -2.31. The van der Waals surface area contributed by atoms with Crippen molar-refractivity contribution in [2.75, 3.05) is 53.6 Å². The van der Waals surface area contributed by atoms with Gasteiger partial charge in [0.15, 0.2) is 0 Å². The quantitative estimate of drug-likeness (QED) is 0.590. The van der Waals surface area contributed by atoms with Gasteiger partial charge in [0.05, 0.1) is 24.7 Å². The van der Waals surface area contributed by atoms with E-state index in [9.17, 15) is 8.78 Å². The van der Waals surface area contributed by atoms with Gasteiger partial charge in [-0.25, -0.2) is 8.78 Å². The minimum atomic E-state index is -2.54. The lowest BCUT2D eigenvalue weighted by Crippen LogP contribution is -2.42. The first-order valence-electron chi connectivity index (χ1n) is 10.2. The average Bonchev–Trinajstić information content (AvgIpc) is 2.83. The second-order valence-corrected chi connectivity index (χ2v) is 9.07. The number of ether oxygens (including phenoxy) is 2. The Morgan fingerprint density at radius 3 is 2.44 bits per heavy atom. The third-order valence-electron chi connectivity index (χ3n) is 5.83. The highest BCUT2D eigenvalue weighted by Crippen LogP contribution is 2.60. The molecule has 2 unspecified atom stereocenters. The van der Waals surface area contributed by atoms with Crippen LogP contribution in [0.1, 0.15) is 46.5 Å². The molecule has 6 heteroatoms. The first kappa shape index (κ1) is 22.7. The number of fused-ring (bicyclic) bond motifs is 1. The van der Waals surface area contributed by atoms with E-state index < -0.39 is 11.3 Å². The molecule has 27 heavy (non-hydrogen) atoms. The second kappa shape index (κ2) is 8.85. The average molecular weight is 389 g/mol. The zero-order valence-electron chi connectivity index (χ0n) is 17.8. The van der Waals surface area contributed by atoms with E-state index in [1.807, 2.05) is 27.9 Å². The highest BCUT2D eigenvalue weighted by Gasteiger charge is 2.71. The summed E-state index contributed by atoms with van der Waals surface area (Å²) in [5.41, 5.74) is 0.799. The van der Waals surface area contributed by atoms with E-state index in [-0.39, 0.29) is 19.1 Å².